The molecule has 3 aromatic rings. The van der Waals surface area contributed by atoms with Gasteiger partial charge in [-0.2, -0.15) is 5.10 Å². The molecule has 1 amide bonds. The number of aromatic nitrogens is 2. The summed E-state index contributed by atoms with van der Waals surface area (Å²) < 4.78 is 6.75. The number of amides is 1. The van der Waals surface area contributed by atoms with Gasteiger partial charge < -0.3 is 10.1 Å². The van der Waals surface area contributed by atoms with Gasteiger partial charge >= 0.3 is 0 Å². The maximum atomic E-state index is 12.5. The van der Waals surface area contributed by atoms with Gasteiger partial charge in [-0.1, -0.05) is 35.3 Å². The summed E-state index contributed by atoms with van der Waals surface area (Å²) in [6, 6.07) is 14.1. The summed E-state index contributed by atoms with van der Waals surface area (Å²) in [6.07, 6.45) is 0. The van der Waals surface area contributed by atoms with Crippen molar-refractivity contribution in [2.24, 2.45) is 7.05 Å². The third-order valence-electron chi connectivity index (χ3n) is 3.66. The second kappa shape index (κ2) is 7.17. The van der Waals surface area contributed by atoms with Gasteiger partial charge in [-0.25, -0.2) is 0 Å². The molecule has 7 heteroatoms. The first kappa shape index (κ1) is 17.3. The van der Waals surface area contributed by atoms with E-state index in [0.717, 1.165) is 11.3 Å². The molecule has 5 nitrogen and oxygen atoms in total. The van der Waals surface area contributed by atoms with Crippen LogP contribution in [0.2, 0.25) is 10.0 Å². The van der Waals surface area contributed by atoms with Crippen molar-refractivity contribution < 1.29 is 9.53 Å². The maximum absolute atomic E-state index is 12.5. The van der Waals surface area contributed by atoms with Crippen LogP contribution in [0.25, 0.3) is 11.3 Å². The van der Waals surface area contributed by atoms with Crippen LogP contribution in [0.4, 0.5) is 5.69 Å². The summed E-state index contributed by atoms with van der Waals surface area (Å²) in [5, 5.41) is 8.00. The van der Waals surface area contributed by atoms with E-state index in [0.29, 0.717) is 27.1 Å². The third-order valence-corrected chi connectivity index (χ3v) is 4.39. The van der Waals surface area contributed by atoms with E-state index in [4.69, 9.17) is 27.9 Å². The molecule has 0 fully saturated rings. The summed E-state index contributed by atoms with van der Waals surface area (Å²) in [5.74, 6) is 0.437. The van der Waals surface area contributed by atoms with E-state index >= 15 is 0 Å². The van der Waals surface area contributed by atoms with Gasteiger partial charge in [0.2, 0.25) is 0 Å². The Hall–Kier alpha value is -2.50. The lowest BCUT2D eigenvalue weighted by Crippen LogP contribution is -2.15. The number of carbonyl (C=O) groups excluding carboxylic acids is 1. The van der Waals surface area contributed by atoms with E-state index in [9.17, 15) is 4.79 Å². The molecule has 128 valence electrons. The fourth-order valence-corrected chi connectivity index (χ4v) is 2.67. The molecule has 0 aliphatic heterocycles. The first-order chi connectivity index (χ1) is 12.0. The molecular formula is C18H15Cl2N3O2. The number of ether oxygens (including phenoxy) is 1. The van der Waals surface area contributed by atoms with E-state index < -0.39 is 0 Å². The Morgan fingerprint density at radius 3 is 2.64 bits per heavy atom. The second-order valence-corrected chi connectivity index (χ2v) is 6.17. The minimum absolute atomic E-state index is 0.289. The summed E-state index contributed by atoms with van der Waals surface area (Å²) in [6.45, 7) is 0. The van der Waals surface area contributed by atoms with Gasteiger partial charge in [0.05, 0.1) is 22.8 Å². The predicted octanol–water partition coefficient (Wildman–Crippen LogP) is 4.65. The number of nitrogens with one attached hydrogen (secondary N) is 1. The Morgan fingerprint density at radius 1 is 1.12 bits per heavy atom. The molecule has 3 rings (SSSR count). The van der Waals surface area contributed by atoms with Crippen LogP contribution in [0, 0.1) is 0 Å². The van der Waals surface area contributed by atoms with Crippen molar-refractivity contribution in [1.82, 2.24) is 9.78 Å². The fraction of sp³-hybridized carbons (Fsp3) is 0.111. The molecule has 0 aliphatic rings. The summed E-state index contributed by atoms with van der Waals surface area (Å²) in [7, 11) is 3.32. The van der Waals surface area contributed by atoms with Crippen LogP contribution in [0.3, 0.4) is 0 Å². The quantitative estimate of drug-likeness (QED) is 0.721. The Kier molecular flexibility index (Phi) is 4.97. The first-order valence-corrected chi connectivity index (χ1v) is 8.18. The molecule has 0 unspecified atom stereocenters. The average Bonchev–Trinajstić information content (AvgIpc) is 3.00. The van der Waals surface area contributed by atoms with E-state index in [1.54, 1.807) is 38.4 Å². The SMILES string of the molecule is COc1cccc(-c2cc(C(=O)Nc3ccc(Cl)c(Cl)c3)n(C)n2)c1. The lowest BCUT2D eigenvalue weighted by Gasteiger charge is -2.06. The van der Waals surface area contributed by atoms with Crippen LogP contribution in [0.1, 0.15) is 10.5 Å². The summed E-state index contributed by atoms with van der Waals surface area (Å²) in [5.41, 5.74) is 2.52. The van der Waals surface area contributed by atoms with Crippen molar-refractivity contribution in [3.63, 3.8) is 0 Å². The molecule has 1 heterocycles. The predicted molar refractivity (Wildman–Crippen MR) is 99.6 cm³/mol. The fourth-order valence-electron chi connectivity index (χ4n) is 2.37. The van der Waals surface area contributed by atoms with Crippen molar-refractivity contribution in [3.05, 3.63) is 64.3 Å². The van der Waals surface area contributed by atoms with E-state index in [1.807, 2.05) is 24.3 Å². The zero-order chi connectivity index (χ0) is 18.0. The highest BCUT2D eigenvalue weighted by Crippen LogP contribution is 2.26. The van der Waals surface area contributed by atoms with Gasteiger partial charge in [-0.05, 0) is 36.4 Å². The number of nitrogens with zero attached hydrogens (tertiary/aromatic N) is 2. The van der Waals surface area contributed by atoms with E-state index in [1.165, 1.54) is 4.68 Å². The van der Waals surface area contributed by atoms with Crippen LogP contribution in [0.15, 0.2) is 48.5 Å². The Balaban J connectivity index is 1.86. The molecule has 0 saturated carbocycles. The second-order valence-electron chi connectivity index (χ2n) is 5.35. The van der Waals surface area contributed by atoms with Crippen molar-refractivity contribution in [2.45, 2.75) is 0 Å². The summed E-state index contributed by atoms with van der Waals surface area (Å²) in [4.78, 5) is 12.5. The number of halogens is 2. The number of hydrogen-bond acceptors (Lipinski definition) is 3. The Bertz CT molecular complexity index is 938. The molecule has 0 atom stereocenters. The van der Waals surface area contributed by atoms with Crippen LogP contribution in [-0.4, -0.2) is 22.8 Å². The van der Waals surface area contributed by atoms with E-state index in [-0.39, 0.29) is 5.91 Å². The summed E-state index contributed by atoms with van der Waals surface area (Å²) >= 11 is 11.9. The van der Waals surface area contributed by atoms with E-state index in [2.05, 4.69) is 10.4 Å². The number of rotatable bonds is 4. The topological polar surface area (TPSA) is 56.1 Å². The largest absolute Gasteiger partial charge is 0.497 e. The molecule has 0 bridgehead atoms. The number of anilines is 1. The molecular weight excluding hydrogens is 361 g/mol. The smallest absolute Gasteiger partial charge is 0.273 e. The zero-order valence-electron chi connectivity index (χ0n) is 13.6. The molecule has 25 heavy (non-hydrogen) atoms. The van der Waals surface area contributed by atoms with Crippen LogP contribution < -0.4 is 10.1 Å². The van der Waals surface area contributed by atoms with Gasteiger partial charge in [0.1, 0.15) is 11.4 Å². The monoisotopic (exact) mass is 375 g/mol. The molecule has 0 radical (unpaired) electrons. The van der Waals surface area contributed by atoms with Crippen molar-refractivity contribution >= 4 is 34.8 Å². The number of benzene rings is 2. The standard InChI is InChI=1S/C18H15Cl2N3O2/c1-23-17(18(24)21-12-6-7-14(19)15(20)9-12)10-16(22-23)11-4-3-5-13(8-11)25-2/h3-10H,1-2H3,(H,21,24). The number of aryl methyl sites for hydroxylation is 1. The minimum Gasteiger partial charge on any atom is -0.497 e. The highest BCUT2D eigenvalue weighted by atomic mass is 35.5. The third kappa shape index (κ3) is 3.78. The number of methoxy groups -OCH3 is 1. The lowest BCUT2D eigenvalue weighted by atomic mass is 10.1. The molecule has 0 saturated heterocycles. The highest BCUT2D eigenvalue weighted by Gasteiger charge is 2.15. The van der Waals surface area contributed by atoms with Crippen molar-refractivity contribution in [1.29, 1.82) is 0 Å². The number of carbonyl (C=O) groups is 1. The number of hydrogen-bond donors (Lipinski definition) is 1. The van der Waals surface area contributed by atoms with Gasteiger partial charge in [-0.15, -0.1) is 0 Å². The molecule has 0 spiro atoms. The zero-order valence-corrected chi connectivity index (χ0v) is 15.1. The van der Waals surface area contributed by atoms with Crippen LogP contribution in [-0.2, 0) is 7.05 Å². The highest BCUT2D eigenvalue weighted by molar-refractivity contribution is 6.42. The molecule has 0 aliphatic carbocycles. The van der Waals surface area contributed by atoms with Crippen molar-refractivity contribution in [2.75, 3.05) is 12.4 Å². The van der Waals surface area contributed by atoms with Gasteiger partial charge in [0, 0.05) is 18.3 Å². The Labute approximate surface area is 155 Å². The Morgan fingerprint density at radius 2 is 1.92 bits per heavy atom. The van der Waals surface area contributed by atoms with Crippen molar-refractivity contribution in [3.8, 4) is 17.0 Å². The normalized spacial score (nSPS) is 10.6. The van der Waals surface area contributed by atoms with Crippen LogP contribution >= 0.6 is 23.2 Å². The van der Waals surface area contributed by atoms with Crippen LogP contribution in [0.5, 0.6) is 5.75 Å². The molecule has 1 aromatic heterocycles. The molecule has 1 N–H and O–H groups in total. The maximum Gasteiger partial charge on any atom is 0.273 e. The van der Waals surface area contributed by atoms with Gasteiger partial charge in [0.15, 0.2) is 0 Å². The minimum atomic E-state index is -0.289. The first-order valence-electron chi connectivity index (χ1n) is 7.43. The molecule has 2 aromatic carbocycles. The lowest BCUT2D eigenvalue weighted by molar-refractivity contribution is 0.101. The van der Waals surface area contributed by atoms with Gasteiger partial charge in [-0.3, -0.25) is 9.48 Å². The van der Waals surface area contributed by atoms with Gasteiger partial charge in [0.25, 0.3) is 5.91 Å². The average molecular weight is 376 g/mol.